The largest absolute Gasteiger partial charge is 0.543 e. The van der Waals surface area contributed by atoms with Crippen molar-refractivity contribution in [3.05, 3.63) is 24.3 Å². The van der Waals surface area contributed by atoms with Crippen molar-refractivity contribution in [3.8, 4) is 5.75 Å². The van der Waals surface area contributed by atoms with E-state index in [1.807, 2.05) is 0 Å². The highest BCUT2D eigenvalue weighted by Gasteiger charge is 2.46. The summed E-state index contributed by atoms with van der Waals surface area (Å²) in [4.78, 5) is 0. The van der Waals surface area contributed by atoms with Crippen molar-refractivity contribution in [1.29, 1.82) is 0 Å². The van der Waals surface area contributed by atoms with Crippen LogP contribution in [0.5, 0.6) is 5.75 Å². The molecule has 0 fully saturated rings. The average molecular weight is 263 g/mol. The quantitative estimate of drug-likeness (QED) is 0.741. The van der Waals surface area contributed by atoms with Crippen molar-refractivity contribution < 1.29 is 4.43 Å². The van der Waals surface area contributed by atoms with Gasteiger partial charge in [0, 0.05) is 0 Å². The smallest absolute Gasteiger partial charge is 0.258 e. The molecule has 102 valence electrons. The van der Waals surface area contributed by atoms with Crippen molar-refractivity contribution >= 4 is 21.6 Å². The molecule has 0 radical (unpaired) electrons. The second-order valence-electron chi connectivity index (χ2n) is 5.66. The number of hydrogen-bond donors (Lipinski definition) is 0. The highest BCUT2D eigenvalue weighted by molar-refractivity contribution is 6.78. The van der Waals surface area contributed by atoms with Crippen LogP contribution in [-0.2, 0) is 0 Å². The second kappa shape index (κ2) is 5.96. The van der Waals surface area contributed by atoms with Crippen molar-refractivity contribution in [1.82, 2.24) is 0 Å². The summed E-state index contributed by atoms with van der Waals surface area (Å²) >= 11 is 0. The normalized spacial score (nSPS) is 12.6. The molecular formula is C15H28BOSi-. The summed E-state index contributed by atoms with van der Waals surface area (Å²) in [7, 11) is -1.46. The Balaban J connectivity index is 3.08. The van der Waals surface area contributed by atoms with Gasteiger partial charge in [0.15, 0.2) is 0 Å². The first-order valence-electron chi connectivity index (χ1n) is 6.56. The van der Waals surface area contributed by atoms with Gasteiger partial charge < -0.3 is 4.43 Å². The molecule has 0 heterocycles. The number of benzene rings is 1. The monoisotopic (exact) mass is 263 g/mol. The van der Waals surface area contributed by atoms with Crippen LogP contribution in [0.3, 0.4) is 0 Å². The van der Waals surface area contributed by atoms with Crippen molar-refractivity contribution in [2.24, 2.45) is 0 Å². The van der Waals surface area contributed by atoms with E-state index in [1.54, 1.807) is 0 Å². The standard InChI is InChI=1S/C15H28BOSi/c1-11(2)18(12(3)4,13(5)6)17-15-9-7-14(16)8-10-15/h7-13H,1-6,16H3/q-1. The van der Waals surface area contributed by atoms with Gasteiger partial charge in [-0.1, -0.05) is 53.7 Å². The third-order valence-electron chi connectivity index (χ3n) is 3.69. The minimum absolute atomic E-state index is 0.307. The van der Waals surface area contributed by atoms with Crippen LogP contribution in [0.1, 0.15) is 41.5 Å². The lowest BCUT2D eigenvalue weighted by molar-refractivity contribution is 0.480. The van der Waals surface area contributed by atoms with Gasteiger partial charge in [-0.2, -0.15) is 0 Å². The predicted octanol–water partition coefficient (Wildman–Crippen LogP) is 3.23. The van der Waals surface area contributed by atoms with Gasteiger partial charge in [0.2, 0.25) is 0 Å². The average Bonchev–Trinajstić information content (AvgIpc) is 2.26. The minimum Gasteiger partial charge on any atom is -0.543 e. The molecule has 0 aliphatic heterocycles. The first-order chi connectivity index (χ1) is 8.30. The van der Waals surface area contributed by atoms with E-state index in [4.69, 9.17) is 4.43 Å². The number of hydrogen-bond acceptors (Lipinski definition) is 1. The Kier molecular flexibility index (Phi) is 5.09. The minimum atomic E-state index is -1.77. The second-order valence-corrected chi connectivity index (χ2v) is 11.0. The third kappa shape index (κ3) is 3.00. The molecule has 1 rings (SSSR count). The Morgan fingerprint density at radius 3 is 1.56 bits per heavy atom. The lowest BCUT2D eigenvalue weighted by Gasteiger charge is -2.42. The molecule has 1 aromatic carbocycles. The van der Waals surface area contributed by atoms with E-state index in [0.717, 1.165) is 5.75 Å². The van der Waals surface area contributed by atoms with Crippen molar-refractivity contribution in [2.75, 3.05) is 0 Å². The van der Waals surface area contributed by atoms with Crippen LogP contribution in [0.4, 0.5) is 0 Å². The van der Waals surface area contributed by atoms with Crippen LogP contribution < -0.4 is 9.89 Å². The molecule has 0 saturated heterocycles. The molecule has 18 heavy (non-hydrogen) atoms. The zero-order valence-corrected chi connectivity index (χ0v) is 12.9. The van der Waals surface area contributed by atoms with E-state index in [0.29, 0.717) is 24.5 Å². The Bertz CT molecular complexity index is 349. The Morgan fingerprint density at radius 2 is 1.22 bits per heavy atom. The molecule has 0 atom stereocenters. The molecule has 0 aromatic heterocycles. The van der Waals surface area contributed by atoms with Gasteiger partial charge in [-0.15, -0.1) is 0 Å². The van der Waals surface area contributed by atoms with E-state index >= 15 is 0 Å². The summed E-state index contributed by atoms with van der Waals surface area (Å²) < 4.78 is 6.61. The molecule has 0 spiro atoms. The summed E-state index contributed by atoms with van der Waals surface area (Å²) in [6, 6.07) is 8.85. The van der Waals surface area contributed by atoms with Crippen LogP contribution >= 0.6 is 0 Å². The van der Waals surface area contributed by atoms with Crippen molar-refractivity contribution in [2.45, 2.75) is 58.2 Å². The maximum Gasteiger partial charge on any atom is 0.258 e. The fourth-order valence-corrected chi connectivity index (χ4v) is 8.25. The van der Waals surface area contributed by atoms with Crippen LogP contribution in [-0.4, -0.2) is 16.2 Å². The van der Waals surface area contributed by atoms with E-state index in [-0.39, 0.29) is 0 Å². The summed E-state index contributed by atoms with van der Waals surface area (Å²) in [5, 5.41) is 0. The van der Waals surface area contributed by atoms with Crippen molar-refractivity contribution in [3.63, 3.8) is 0 Å². The summed E-state index contributed by atoms with van der Waals surface area (Å²) in [5.74, 6) is 1.08. The molecule has 0 aliphatic carbocycles. The summed E-state index contributed by atoms with van der Waals surface area (Å²) in [5.41, 5.74) is 3.45. The van der Waals surface area contributed by atoms with Gasteiger partial charge in [0.1, 0.15) is 5.75 Å². The topological polar surface area (TPSA) is 9.23 Å². The van der Waals surface area contributed by atoms with Gasteiger partial charge in [0.05, 0.1) is 0 Å². The predicted molar refractivity (Wildman–Crippen MR) is 87.7 cm³/mol. The van der Waals surface area contributed by atoms with Gasteiger partial charge >= 0.3 is 0 Å². The lowest BCUT2D eigenvalue weighted by Crippen LogP contribution is -2.50. The molecule has 1 aromatic rings. The van der Waals surface area contributed by atoms with Gasteiger partial charge in [-0.3, -0.25) is 0 Å². The Labute approximate surface area is 114 Å². The zero-order chi connectivity index (χ0) is 13.9. The molecule has 0 bridgehead atoms. The molecule has 0 unspecified atom stereocenters. The van der Waals surface area contributed by atoms with Gasteiger partial charge in [-0.05, 0) is 36.6 Å². The fourth-order valence-electron chi connectivity index (χ4n) is 3.00. The first kappa shape index (κ1) is 15.4. The van der Waals surface area contributed by atoms with Crippen LogP contribution in [0.15, 0.2) is 24.3 Å². The molecule has 0 saturated carbocycles. The molecule has 1 nitrogen and oxygen atoms in total. The lowest BCUT2D eigenvalue weighted by atomic mass is 9.97. The highest BCUT2D eigenvalue weighted by Crippen LogP contribution is 2.42. The Morgan fingerprint density at radius 1 is 0.833 bits per heavy atom. The fraction of sp³-hybridized carbons (Fsp3) is 0.600. The molecular weight excluding hydrogens is 235 g/mol. The summed E-state index contributed by atoms with van der Waals surface area (Å²) in [6.45, 7) is 14.0. The van der Waals surface area contributed by atoms with Crippen LogP contribution in [0.25, 0.3) is 0 Å². The maximum atomic E-state index is 6.61. The SMILES string of the molecule is [BH3-]c1ccc(O[Si](C(C)C)(C(C)C)C(C)C)cc1. The van der Waals surface area contributed by atoms with E-state index in [1.165, 1.54) is 5.46 Å². The van der Waals surface area contributed by atoms with E-state index in [2.05, 4.69) is 65.8 Å². The zero-order valence-electron chi connectivity index (χ0n) is 11.9. The Hall–Kier alpha value is -0.698. The molecule has 0 amide bonds. The van der Waals surface area contributed by atoms with E-state index < -0.39 is 8.32 Å². The van der Waals surface area contributed by atoms with E-state index in [9.17, 15) is 0 Å². The summed E-state index contributed by atoms with van der Waals surface area (Å²) in [6.07, 6.45) is 0. The molecule has 0 N–H and O–H groups in total. The van der Waals surface area contributed by atoms with Gasteiger partial charge in [-0.25, -0.2) is 5.46 Å². The third-order valence-corrected chi connectivity index (χ3v) is 9.69. The van der Waals surface area contributed by atoms with Gasteiger partial charge in [0.25, 0.3) is 8.32 Å². The maximum absolute atomic E-state index is 6.61. The van der Waals surface area contributed by atoms with Crippen LogP contribution in [0.2, 0.25) is 16.6 Å². The van der Waals surface area contributed by atoms with Crippen LogP contribution in [0, 0.1) is 0 Å². The highest BCUT2D eigenvalue weighted by atomic mass is 28.4. The molecule has 0 aliphatic rings. The molecule has 3 heteroatoms. The number of rotatable bonds is 5. The first-order valence-corrected chi connectivity index (χ1v) is 8.70.